The summed E-state index contributed by atoms with van der Waals surface area (Å²) < 4.78 is 43.2. The zero-order valence-corrected chi connectivity index (χ0v) is 18.3. The van der Waals surface area contributed by atoms with Crippen LogP contribution in [-0.2, 0) is 6.42 Å². The molecule has 1 aromatic heterocycles. The number of hydrogen-bond acceptors (Lipinski definition) is 2. The van der Waals surface area contributed by atoms with Crippen molar-refractivity contribution in [1.82, 2.24) is 15.2 Å². The zero-order chi connectivity index (χ0) is 22.1. The molecule has 4 nitrogen and oxygen atoms in total. The van der Waals surface area contributed by atoms with Crippen molar-refractivity contribution in [3.05, 3.63) is 30.1 Å². The molecule has 172 valence electrons. The molecule has 4 aliphatic rings. The Morgan fingerprint density at radius 3 is 2.32 bits per heavy atom. The van der Waals surface area contributed by atoms with E-state index in [2.05, 4.69) is 10.3 Å². The maximum absolute atomic E-state index is 14.7. The number of aromatic nitrogens is 1. The number of aryl methyl sites for hydroxylation is 1. The molecular formula is C24H34F3N3O. The SMILES string of the molecule is CC(F)C(F)(F)N(CCC12CC3CC(CC(C3)C1)C2)C(=O)NCCCc1ccncc1. The molecule has 4 fully saturated rings. The smallest absolute Gasteiger partial charge is 0.338 e. The number of urea groups is 1. The van der Waals surface area contributed by atoms with Crippen molar-refractivity contribution in [2.45, 2.75) is 76.9 Å². The summed E-state index contributed by atoms with van der Waals surface area (Å²) in [6, 6.07) is -0.900. The minimum atomic E-state index is -3.81. The molecule has 7 heteroatoms. The van der Waals surface area contributed by atoms with Gasteiger partial charge in [-0.05, 0) is 106 Å². The number of pyridine rings is 1. The molecule has 5 rings (SSSR count). The minimum absolute atomic E-state index is 0.0598. The van der Waals surface area contributed by atoms with E-state index in [1.807, 2.05) is 12.1 Å². The first-order chi connectivity index (χ1) is 14.8. The highest BCUT2D eigenvalue weighted by Gasteiger charge is 2.52. The second-order valence-corrected chi connectivity index (χ2v) is 10.2. The maximum atomic E-state index is 14.7. The van der Waals surface area contributed by atoms with Gasteiger partial charge in [0.25, 0.3) is 0 Å². The molecule has 1 atom stereocenters. The summed E-state index contributed by atoms with van der Waals surface area (Å²) in [6.07, 6.45) is 9.93. The van der Waals surface area contributed by atoms with Crippen LogP contribution in [0.5, 0.6) is 0 Å². The Balaban J connectivity index is 1.35. The molecule has 0 saturated heterocycles. The highest BCUT2D eigenvalue weighted by molar-refractivity contribution is 5.74. The van der Waals surface area contributed by atoms with Crippen molar-refractivity contribution < 1.29 is 18.0 Å². The maximum Gasteiger partial charge on any atom is 0.359 e. The van der Waals surface area contributed by atoms with E-state index >= 15 is 0 Å². The fourth-order valence-electron chi connectivity index (χ4n) is 6.68. The quantitative estimate of drug-likeness (QED) is 0.405. The van der Waals surface area contributed by atoms with Gasteiger partial charge in [0, 0.05) is 25.5 Å². The van der Waals surface area contributed by atoms with Crippen molar-refractivity contribution in [1.29, 1.82) is 0 Å². The Labute approximate surface area is 183 Å². The standard InChI is InChI=1S/C24H34F3N3O/c1-17(25)24(26,27)30(22(31)29-7-2-3-18-4-8-28-9-5-18)10-6-23-14-19-11-20(15-23)13-21(12-19)16-23/h4-5,8-9,17,19-21H,2-3,6-7,10-16H2,1H3,(H,29,31). The molecule has 0 radical (unpaired) electrons. The van der Waals surface area contributed by atoms with Gasteiger partial charge in [-0.2, -0.15) is 8.78 Å². The molecule has 0 aliphatic heterocycles. The molecule has 2 amide bonds. The summed E-state index contributed by atoms with van der Waals surface area (Å²) in [6.45, 7) is 1.00. The lowest BCUT2D eigenvalue weighted by Crippen LogP contribution is -2.56. The van der Waals surface area contributed by atoms with Crippen LogP contribution in [0.3, 0.4) is 0 Å². The van der Waals surface area contributed by atoms with Crippen LogP contribution in [0.2, 0.25) is 0 Å². The number of carbonyl (C=O) groups excluding carboxylic acids is 1. The van der Waals surface area contributed by atoms with Crippen molar-refractivity contribution in [2.75, 3.05) is 13.1 Å². The van der Waals surface area contributed by atoms with Gasteiger partial charge in [-0.3, -0.25) is 9.88 Å². The van der Waals surface area contributed by atoms with E-state index in [1.165, 1.54) is 19.3 Å². The van der Waals surface area contributed by atoms with Gasteiger partial charge in [-0.1, -0.05) is 0 Å². The van der Waals surface area contributed by atoms with Crippen LogP contribution in [0, 0.1) is 23.2 Å². The Morgan fingerprint density at radius 1 is 1.19 bits per heavy atom. The van der Waals surface area contributed by atoms with E-state index < -0.39 is 18.2 Å². The molecule has 4 saturated carbocycles. The van der Waals surface area contributed by atoms with Crippen LogP contribution < -0.4 is 5.32 Å². The topological polar surface area (TPSA) is 45.2 Å². The average molecular weight is 438 g/mol. The summed E-state index contributed by atoms with van der Waals surface area (Å²) in [4.78, 5) is 17.1. The van der Waals surface area contributed by atoms with Crippen molar-refractivity contribution in [2.24, 2.45) is 23.2 Å². The molecule has 1 aromatic rings. The second kappa shape index (κ2) is 8.99. The van der Waals surface area contributed by atoms with Crippen LogP contribution in [0.4, 0.5) is 18.0 Å². The third-order valence-corrected chi connectivity index (χ3v) is 7.78. The average Bonchev–Trinajstić information content (AvgIpc) is 2.71. The first-order valence-corrected chi connectivity index (χ1v) is 11.7. The third-order valence-electron chi connectivity index (χ3n) is 7.78. The summed E-state index contributed by atoms with van der Waals surface area (Å²) in [5.41, 5.74) is 1.13. The lowest BCUT2D eigenvalue weighted by atomic mass is 9.49. The molecule has 1 heterocycles. The number of carbonyl (C=O) groups is 1. The van der Waals surface area contributed by atoms with Gasteiger partial charge in [-0.25, -0.2) is 9.18 Å². The van der Waals surface area contributed by atoms with Gasteiger partial charge >= 0.3 is 12.1 Å². The Morgan fingerprint density at radius 2 is 1.77 bits per heavy atom. The van der Waals surface area contributed by atoms with Gasteiger partial charge in [0.05, 0.1) is 0 Å². The van der Waals surface area contributed by atoms with Gasteiger partial charge in [-0.15, -0.1) is 0 Å². The molecule has 31 heavy (non-hydrogen) atoms. The minimum Gasteiger partial charge on any atom is -0.338 e. The van der Waals surface area contributed by atoms with E-state index in [0.29, 0.717) is 41.9 Å². The number of rotatable bonds is 9. The summed E-state index contributed by atoms with van der Waals surface area (Å²) >= 11 is 0. The van der Waals surface area contributed by atoms with Crippen LogP contribution in [-0.4, -0.2) is 41.2 Å². The predicted octanol–water partition coefficient (Wildman–Crippen LogP) is 5.58. The predicted molar refractivity (Wildman–Crippen MR) is 113 cm³/mol. The van der Waals surface area contributed by atoms with Crippen molar-refractivity contribution >= 4 is 6.03 Å². The lowest BCUT2D eigenvalue weighted by molar-refractivity contribution is -0.169. The Bertz CT molecular complexity index is 720. The number of amides is 2. The molecule has 1 N–H and O–H groups in total. The number of alkyl halides is 3. The summed E-state index contributed by atoms with van der Waals surface area (Å²) in [5, 5.41) is 2.60. The third kappa shape index (κ3) is 5.01. The Kier molecular flexibility index (Phi) is 6.50. The number of nitrogens with zero attached hydrogens (tertiary/aromatic N) is 2. The number of nitrogens with one attached hydrogen (secondary N) is 1. The first kappa shape index (κ1) is 22.4. The highest BCUT2D eigenvalue weighted by Crippen LogP contribution is 2.61. The van der Waals surface area contributed by atoms with E-state index in [4.69, 9.17) is 0 Å². The largest absolute Gasteiger partial charge is 0.359 e. The van der Waals surface area contributed by atoms with Gasteiger partial charge < -0.3 is 5.32 Å². The zero-order valence-electron chi connectivity index (χ0n) is 18.3. The number of halogens is 3. The van der Waals surface area contributed by atoms with Crippen molar-refractivity contribution in [3.63, 3.8) is 0 Å². The van der Waals surface area contributed by atoms with Crippen LogP contribution in [0.15, 0.2) is 24.5 Å². The summed E-state index contributed by atoms with van der Waals surface area (Å²) in [5.74, 6) is 2.13. The summed E-state index contributed by atoms with van der Waals surface area (Å²) in [7, 11) is 0. The monoisotopic (exact) mass is 437 g/mol. The fraction of sp³-hybridized carbons (Fsp3) is 0.750. The van der Waals surface area contributed by atoms with Gasteiger partial charge in [0.2, 0.25) is 0 Å². The molecule has 0 aromatic carbocycles. The first-order valence-electron chi connectivity index (χ1n) is 11.7. The van der Waals surface area contributed by atoms with Crippen LogP contribution in [0.25, 0.3) is 0 Å². The second-order valence-electron chi connectivity index (χ2n) is 10.2. The van der Waals surface area contributed by atoms with Gasteiger partial charge in [0.1, 0.15) is 0 Å². The van der Waals surface area contributed by atoms with Crippen molar-refractivity contribution in [3.8, 4) is 0 Å². The van der Waals surface area contributed by atoms with E-state index in [9.17, 15) is 18.0 Å². The molecule has 1 unspecified atom stereocenters. The van der Waals surface area contributed by atoms with E-state index in [-0.39, 0.29) is 18.5 Å². The van der Waals surface area contributed by atoms with Gasteiger partial charge in [0.15, 0.2) is 6.17 Å². The molecule has 4 bridgehead atoms. The normalized spacial score (nSPS) is 30.3. The molecule has 4 aliphatic carbocycles. The Hall–Kier alpha value is -1.79. The van der Waals surface area contributed by atoms with E-state index in [0.717, 1.165) is 31.7 Å². The number of hydrogen-bond donors (Lipinski definition) is 1. The van der Waals surface area contributed by atoms with E-state index in [1.54, 1.807) is 12.4 Å². The fourth-order valence-corrected chi connectivity index (χ4v) is 6.68. The molecular weight excluding hydrogens is 403 g/mol. The molecule has 0 spiro atoms. The lowest BCUT2D eigenvalue weighted by Gasteiger charge is -2.57. The van der Waals surface area contributed by atoms with Crippen LogP contribution in [0.1, 0.15) is 63.9 Å². The highest BCUT2D eigenvalue weighted by atomic mass is 19.3. The van der Waals surface area contributed by atoms with Crippen LogP contribution >= 0.6 is 0 Å².